The Morgan fingerprint density at radius 3 is 2.37 bits per heavy atom. The fraction of sp³-hybridized carbons (Fsp3) is 0.0714. The van der Waals surface area contributed by atoms with Gasteiger partial charge in [-0.2, -0.15) is 5.10 Å². The fourth-order valence-corrected chi connectivity index (χ4v) is 3.82. The van der Waals surface area contributed by atoms with Gasteiger partial charge in [0.15, 0.2) is 11.5 Å². The van der Waals surface area contributed by atoms with Crippen molar-refractivity contribution in [3.05, 3.63) is 124 Å². The van der Waals surface area contributed by atoms with Gasteiger partial charge < -0.3 is 9.73 Å². The second-order valence-corrected chi connectivity index (χ2v) is 7.94. The van der Waals surface area contributed by atoms with Gasteiger partial charge in [0.25, 0.3) is 5.91 Å². The third-order valence-electron chi connectivity index (χ3n) is 5.71. The van der Waals surface area contributed by atoms with Gasteiger partial charge in [-0.3, -0.25) is 14.4 Å². The number of ketones is 1. The summed E-state index contributed by atoms with van der Waals surface area (Å²) in [5.74, 6) is -1.13. The van der Waals surface area contributed by atoms with Crippen LogP contribution in [0.5, 0.6) is 0 Å². The molecule has 1 N–H and O–H groups in total. The third kappa shape index (κ3) is 4.27. The molecule has 7 nitrogen and oxygen atoms in total. The normalized spacial score (nSPS) is 10.9. The molecule has 5 rings (SSSR count). The molecule has 0 bridgehead atoms. The van der Waals surface area contributed by atoms with Gasteiger partial charge in [0, 0.05) is 23.2 Å². The Hall–Kier alpha value is -4.78. The van der Waals surface area contributed by atoms with Gasteiger partial charge in [0.05, 0.1) is 11.4 Å². The van der Waals surface area contributed by atoms with Crippen molar-refractivity contribution in [2.24, 2.45) is 0 Å². The number of rotatable bonds is 6. The van der Waals surface area contributed by atoms with Crippen LogP contribution < -0.4 is 10.7 Å². The van der Waals surface area contributed by atoms with Crippen LogP contribution in [0.1, 0.15) is 39.1 Å². The predicted octanol–water partition coefficient (Wildman–Crippen LogP) is 5.02. The van der Waals surface area contributed by atoms with E-state index in [1.165, 1.54) is 16.9 Å². The Morgan fingerprint density at radius 2 is 1.63 bits per heavy atom. The van der Waals surface area contributed by atoms with Crippen molar-refractivity contribution in [1.82, 2.24) is 9.78 Å². The molecule has 0 radical (unpaired) electrons. The smallest absolute Gasteiger partial charge is 0.280 e. The molecule has 0 aliphatic rings. The topological polar surface area (TPSA) is 94.2 Å². The molecule has 0 unspecified atom stereocenters. The number of nitrogens with zero attached hydrogens (tertiary/aromatic N) is 2. The van der Waals surface area contributed by atoms with Crippen molar-refractivity contribution >= 4 is 28.3 Å². The Morgan fingerprint density at radius 1 is 0.914 bits per heavy atom. The van der Waals surface area contributed by atoms with E-state index in [9.17, 15) is 14.4 Å². The van der Waals surface area contributed by atoms with Crippen LogP contribution in [0.25, 0.3) is 16.7 Å². The molecule has 0 spiro atoms. The van der Waals surface area contributed by atoms with Gasteiger partial charge in [-0.1, -0.05) is 61.5 Å². The molecule has 2 aromatic heterocycles. The summed E-state index contributed by atoms with van der Waals surface area (Å²) in [6.45, 7) is 2.06. The van der Waals surface area contributed by atoms with Crippen LogP contribution in [0.15, 0.2) is 100 Å². The first-order valence-electron chi connectivity index (χ1n) is 11.2. The van der Waals surface area contributed by atoms with Gasteiger partial charge in [0.1, 0.15) is 5.58 Å². The molecule has 172 valence electrons. The van der Waals surface area contributed by atoms with Crippen LogP contribution in [0.3, 0.4) is 0 Å². The molecular formula is C28H21N3O4. The highest BCUT2D eigenvalue weighted by Gasteiger charge is 2.25. The number of amides is 1. The number of hydrogen-bond acceptors (Lipinski definition) is 5. The van der Waals surface area contributed by atoms with Gasteiger partial charge in [-0.15, -0.1) is 0 Å². The van der Waals surface area contributed by atoms with Gasteiger partial charge >= 0.3 is 0 Å². The maximum atomic E-state index is 13.2. The van der Waals surface area contributed by atoms with Crippen LogP contribution >= 0.6 is 0 Å². The second kappa shape index (κ2) is 9.23. The van der Waals surface area contributed by atoms with Crippen molar-refractivity contribution in [2.75, 3.05) is 5.32 Å². The Balaban J connectivity index is 1.54. The lowest BCUT2D eigenvalue weighted by atomic mass is 10.1. The summed E-state index contributed by atoms with van der Waals surface area (Å²) < 4.78 is 7.30. The van der Waals surface area contributed by atoms with Gasteiger partial charge in [-0.05, 0) is 36.2 Å². The van der Waals surface area contributed by atoms with E-state index < -0.39 is 11.3 Å². The average Bonchev–Trinajstić information content (AvgIpc) is 3.27. The monoisotopic (exact) mass is 463 g/mol. The van der Waals surface area contributed by atoms with Crippen LogP contribution in [-0.2, 0) is 6.42 Å². The van der Waals surface area contributed by atoms with E-state index in [0.29, 0.717) is 22.2 Å². The minimum absolute atomic E-state index is 0.0165. The minimum atomic E-state index is -0.733. The number of aryl methyl sites for hydroxylation is 1. The number of carbonyl (C=O) groups is 2. The van der Waals surface area contributed by atoms with E-state index in [1.54, 1.807) is 54.6 Å². The molecular weight excluding hydrogens is 442 g/mol. The van der Waals surface area contributed by atoms with Crippen molar-refractivity contribution < 1.29 is 14.0 Å². The fourth-order valence-electron chi connectivity index (χ4n) is 3.82. The highest BCUT2D eigenvalue weighted by Crippen LogP contribution is 2.32. The van der Waals surface area contributed by atoms with Crippen molar-refractivity contribution in [3.8, 4) is 5.69 Å². The van der Waals surface area contributed by atoms with E-state index in [1.807, 2.05) is 24.3 Å². The molecule has 5 aromatic rings. The number of benzene rings is 3. The molecule has 2 heterocycles. The third-order valence-corrected chi connectivity index (χ3v) is 5.71. The minimum Gasteiger partial charge on any atom is -0.450 e. The molecule has 3 aromatic carbocycles. The number of hydrogen-bond donors (Lipinski definition) is 1. The zero-order valence-electron chi connectivity index (χ0n) is 18.9. The predicted molar refractivity (Wildman–Crippen MR) is 133 cm³/mol. The molecule has 35 heavy (non-hydrogen) atoms. The summed E-state index contributed by atoms with van der Waals surface area (Å²) in [7, 11) is 0. The molecule has 1 amide bonds. The summed E-state index contributed by atoms with van der Waals surface area (Å²) in [5.41, 5.74) is 2.10. The highest BCUT2D eigenvalue weighted by molar-refractivity contribution is 6.18. The van der Waals surface area contributed by atoms with Gasteiger partial charge in [-0.25, -0.2) is 4.68 Å². The number of furan rings is 1. The molecule has 0 aliphatic carbocycles. The summed E-state index contributed by atoms with van der Waals surface area (Å²) in [5, 5.41) is 7.52. The van der Waals surface area contributed by atoms with Crippen LogP contribution in [0, 0.1) is 0 Å². The number of nitrogens with one attached hydrogen (secondary N) is 1. The SMILES string of the molecule is CCc1ccc(-n2ccc(=O)c(C(=O)Nc3c(C(=O)c4ccccc4)oc4ccccc34)n2)cc1. The van der Waals surface area contributed by atoms with E-state index in [4.69, 9.17) is 4.42 Å². The molecule has 0 saturated carbocycles. The number of fused-ring (bicyclic) bond motifs is 1. The van der Waals surface area contributed by atoms with E-state index in [-0.39, 0.29) is 22.9 Å². The summed E-state index contributed by atoms with van der Waals surface area (Å²) in [6.07, 6.45) is 2.41. The van der Waals surface area contributed by atoms with Gasteiger partial charge in [0.2, 0.25) is 11.2 Å². The molecule has 0 aliphatic heterocycles. The lowest BCUT2D eigenvalue weighted by Crippen LogP contribution is -2.26. The molecule has 7 heteroatoms. The van der Waals surface area contributed by atoms with E-state index >= 15 is 0 Å². The highest BCUT2D eigenvalue weighted by atomic mass is 16.3. The number of para-hydroxylation sites is 1. The zero-order valence-corrected chi connectivity index (χ0v) is 18.9. The largest absolute Gasteiger partial charge is 0.450 e. The standard InChI is InChI=1S/C28H21N3O4/c1-2-18-12-14-20(15-13-18)31-17-16-22(32)25(30-31)28(34)29-24-21-10-6-7-11-23(21)35-27(24)26(33)19-8-4-3-5-9-19/h3-17H,2H2,1H3,(H,29,34). The maximum Gasteiger partial charge on any atom is 0.280 e. The summed E-state index contributed by atoms with van der Waals surface area (Å²) >= 11 is 0. The Labute approximate surface area is 200 Å². The van der Waals surface area contributed by atoms with Crippen LogP contribution in [0.2, 0.25) is 0 Å². The quantitative estimate of drug-likeness (QED) is 0.357. The van der Waals surface area contributed by atoms with Crippen molar-refractivity contribution in [2.45, 2.75) is 13.3 Å². The van der Waals surface area contributed by atoms with E-state index in [0.717, 1.165) is 12.0 Å². The van der Waals surface area contributed by atoms with Crippen molar-refractivity contribution in [3.63, 3.8) is 0 Å². The second-order valence-electron chi connectivity index (χ2n) is 7.94. The zero-order chi connectivity index (χ0) is 24.4. The summed E-state index contributed by atoms with van der Waals surface area (Å²) in [6, 6.07) is 24.6. The summed E-state index contributed by atoms with van der Waals surface area (Å²) in [4.78, 5) is 39.0. The molecule has 0 fully saturated rings. The first kappa shape index (κ1) is 22.0. The number of carbonyl (C=O) groups excluding carboxylic acids is 2. The molecule has 0 atom stereocenters. The Kier molecular flexibility index (Phi) is 5.81. The Bertz CT molecular complexity index is 1600. The van der Waals surface area contributed by atoms with Crippen LogP contribution in [0.4, 0.5) is 5.69 Å². The first-order chi connectivity index (χ1) is 17.0. The molecule has 0 saturated heterocycles. The number of anilines is 1. The lowest BCUT2D eigenvalue weighted by molar-refractivity contribution is 0.101. The number of aromatic nitrogens is 2. The maximum absolute atomic E-state index is 13.2. The van der Waals surface area contributed by atoms with E-state index in [2.05, 4.69) is 17.3 Å². The van der Waals surface area contributed by atoms with Crippen molar-refractivity contribution in [1.29, 1.82) is 0 Å². The average molecular weight is 463 g/mol. The first-order valence-corrected chi connectivity index (χ1v) is 11.2. The van der Waals surface area contributed by atoms with Crippen LogP contribution in [-0.4, -0.2) is 21.5 Å². The lowest BCUT2D eigenvalue weighted by Gasteiger charge is -2.09.